The fraction of sp³-hybridized carbons (Fsp3) is 0.167. The second-order valence-corrected chi connectivity index (χ2v) is 7.58. The van der Waals surface area contributed by atoms with Gasteiger partial charge in [0.25, 0.3) is 0 Å². The highest BCUT2D eigenvalue weighted by Crippen LogP contribution is 2.33. The van der Waals surface area contributed by atoms with Gasteiger partial charge in [-0.15, -0.1) is 5.10 Å². The molecule has 1 aromatic heterocycles. The van der Waals surface area contributed by atoms with E-state index in [0.29, 0.717) is 23.3 Å². The molecular weight excluding hydrogens is 426 g/mol. The average Bonchev–Trinajstić information content (AvgIpc) is 3.23. The molecule has 0 saturated heterocycles. The van der Waals surface area contributed by atoms with Crippen molar-refractivity contribution in [2.45, 2.75) is 19.4 Å². The van der Waals surface area contributed by atoms with Crippen LogP contribution in [0.15, 0.2) is 66.7 Å². The van der Waals surface area contributed by atoms with Gasteiger partial charge in [-0.1, -0.05) is 48.0 Å². The first kappa shape index (κ1) is 21.5. The number of hydrogen-bond acceptors (Lipinski definition) is 6. The molecule has 0 aliphatic carbocycles. The molecule has 0 radical (unpaired) electrons. The van der Waals surface area contributed by atoms with Crippen molar-refractivity contribution in [1.82, 2.24) is 15.2 Å². The van der Waals surface area contributed by atoms with E-state index in [9.17, 15) is 0 Å². The zero-order valence-corrected chi connectivity index (χ0v) is 18.4. The Morgan fingerprint density at radius 3 is 2.62 bits per heavy atom. The van der Waals surface area contributed by atoms with Crippen molar-refractivity contribution >= 4 is 23.5 Å². The predicted molar refractivity (Wildman–Crippen MR) is 126 cm³/mol. The van der Waals surface area contributed by atoms with Crippen molar-refractivity contribution in [2.24, 2.45) is 0 Å². The number of nitrogens with two attached hydrogens (primary N) is 1. The van der Waals surface area contributed by atoms with Gasteiger partial charge in [-0.05, 0) is 54.3 Å². The van der Waals surface area contributed by atoms with Crippen molar-refractivity contribution in [3.05, 3.63) is 88.4 Å². The van der Waals surface area contributed by atoms with Crippen LogP contribution >= 0.6 is 11.6 Å². The number of nitrogen functional groups attached to an aromatic ring is 1. The summed E-state index contributed by atoms with van der Waals surface area (Å²) in [5, 5.41) is 10.3. The van der Waals surface area contributed by atoms with E-state index in [2.05, 4.69) is 38.7 Å². The third-order valence-corrected chi connectivity index (χ3v) is 5.37. The van der Waals surface area contributed by atoms with Crippen LogP contribution in [-0.2, 0) is 19.4 Å². The lowest BCUT2D eigenvalue weighted by Crippen LogP contribution is -2.04. The molecule has 0 atom stereocenters. The van der Waals surface area contributed by atoms with Crippen molar-refractivity contribution in [3.8, 4) is 17.2 Å². The highest BCUT2D eigenvalue weighted by molar-refractivity contribution is 6.31. The molecule has 3 aromatic carbocycles. The van der Waals surface area contributed by atoms with Crippen LogP contribution in [0, 0.1) is 0 Å². The Balaban J connectivity index is 1.51. The van der Waals surface area contributed by atoms with Crippen LogP contribution in [0.5, 0.6) is 17.2 Å². The number of hydrogen-bond donors (Lipinski definition) is 3. The Morgan fingerprint density at radius 1 is 1.00 bits per heavy atom. The first-order valence-electron chi connectivity index (χ1n) is 10.2. The predicted octanol–water partition coefficient (Wildman–Crippen LogP) is 5.24. The number of H-pyrrole nitrogens is 1. The molecule has 32 heavy (non-hydrogen) atoms. The number of nitrogens with zero attached hydrogens (tertiary/aromatic N) is 2. The normalized spacial score (nSPS) is 10.7. The molecule has 8 heteroatoms. The van der Waals surface area contributed by atoms with Gasteiger partial charge in [0.2, 0.25) is 11.9 Å². The zero-order valence-electron chi connectivity index (χ0n) is 17.6. The molecule has 4 aromatic rings. The summed E-state index contributed by atoms with van der Waals surface area (Å²) in [7, 11) is 1.68. The van der Waals surface area contributed by atoms with Crippen LogP contribution < -0.4 is 20.5 Å². The number of methoxy groups -OCH3 is 1. The van der Waals surface area contributed by atoms with Crippen molar-refractivity contribution < 1.29 is 9.47 Å². The SMILES string of the molecule is COc1cccc(CCc2ccccc2Oc2cccc(Cl)c2CNc2n[nH]c(N)n2)c1. The summed E-state index contributed by atoms with van der Waals surface area (Å²) in [5.41, 5.74) is 8.71. The first-order chi connectivity index (χ1) is 15.6. The number of aromatic amines is 1. The standard InChI is InChI=1S/C24H24ClN5O2/c1-31-18-8-4-6-16(14-18)12-13-17-7-2-3-10-21(17)32-22-11-5-9-20(25)19(22)15-27-24-28-23(26)29-30-24/h2-11,14H,12-13,15H2,1H3,(H4,26,27,28,29,30). The number of para-hydroxylation sites is 1. The molecule has 0 spiro atoms. The molecule has 0 fully saturated rings. The van der Waals surface area contributed by atoms with Gasteiger partial charge in [-0.25, -0.2) is 5.10 Å². The van der Waals surface area contributed by atoms with Gasteiger partial charge in [-0.3, -0.25) is 0 Å². The van der Waals surface area contributed by atoms with Crippen LogP contribution in [0.2, 0.25) is 5.02 Å². The second kappa shape index (κ2) is 10.1. The third-order valence-electron chi connectivity index (χ3n) is 5.01. The molecule has 7 nitrogen and oxygen atoms in total. The molecular formula is C24H24ClN5O2. The van der Waals surface area contributed by atoms with E-state index in [1.165, 1.54) is 5.56 Å². The Bertz CT molecular complexity index is 1190. The minimum Gasteiger partial charge on any atom is -0.497 e. The number of anilines is 2. The summed E-state index contributed by atoms with van der Waals surface area (Å²) in [6.07, 6.45) is 1.70. The molecule has 164 valence electrons. The van der Waals surface area contributed by atoms with E-state index in [1.54, 1.807) is 7.11 Å². The number of aryl methyl sites for hydroxylation is 2. The molecule has 0 unspecified atom stereocenters. The van der Waals surface area contributed by atoms with E-state index >= 15 is 0 Å². The van der Waals surface area contributed by atoms with Crippen molar-refractivity contribution in [1.29, 1.82) is 0 Å². The molecule has 4 N–H and O–H groups in total. The average molecular weight is 450 g/mol. The number of ether oxygens (including phenoxy) is 2. The highest BCUT2D eigenvalue weighted by atomic mass is 35.5. The molecule has 0 saturated carbocycles. The van der Waals surface area contributed by atoms with Crippen LogP contribution in [0.3, 0.4) is 0 Å². The summed E-state index contributed by atoms with van der Waals surface area (Å²) >= 11 is 6.47. The fourth-order valence-corrected chi connectivity index (χ4v) is 3.59. The summed E-state index contributed by atoms with van der Waals surface area (Å²) in [5.74, 6) is 2.96. The fourth-order valence-electron chi connectivity index (χ4n) is 3.36. The number of benzene rings is 3. The van der Waals surface area contributed by atoms with Crippen LogP contribution in [0.4, 0.5) is 11.9 Å². The lowest BCUT2D eigenvalue weighted by Gasteiger charge is -2.16. The number of rotatable bonds is 9. The Kier molecular flexibility index (Phi) is 6.77. The van der Waals surface area contributed by atoms with E-state index in [4.69, 9.17) is 26.8 Å². The molecule has 4 rings (SSSR count). The Labute approximate surface area is 191 Å². The highest BCUT2D eigenvalue weighted by Gasteiger charge is 2.13. The number of halogens is 1. The largest absolute Gasteiger partial charge is 0.497 e. The van der Waals surface area contributed by atoms with Gasteiger partial charge in [0.05, 0.1) is 7.11 Å². The van der Waals surface area contributed by atoms with Gasteiger partial charge in [0, 0.05) is 17.1 Å². The molecule has 0 amide bonds. The lowest BCUT2D eigenvalue weighted by atomic mass is 10.0. The third kappa shape index (κ3) is 5.31. The van der Waals surface area contributed by atoms with Crippen molar-refractivity contribution in [2.75, 3.05) is 18.2 Å². The summed E-state index contributed by atoms with van der Waals surface area (Å²) in [4.78, 5) is 4.06. The maximum atomic E-state index is 6.47. The van der Waals surface area contributed by atoms with Gasteiger partial charge in [-0.2, -0.15) is 4.98 Å². The minimum atomic E-state index is 0.244. The van der Waals surface area contributed by atoms with Crippen LogP contribution in [0.25, 0.3) is 0 Å². The number of nitrogens with one attached hydrogen (secondary N) is 2. The molecule has 0 aliphatic rings. The van der Waals surface area contributed by atoms with Gasteiger partial charge < -0.3 is 20.5 Å². The van der Waals surface area contributed by atoms with Crippen molar-refractivity contribution in [3.63, 3.8) is 0 Å². The van der Waals surface area contributed by atoms with Crippen LogP contribution in [0.1, 0.15) is 16.7 Å². The summed E-state index contributed by atoms with van der Waals surface area (Å²) in [6, 6.07) is 21.7. The molecule has 1 heterocycles. The lowest BCUT2D eigenvalue weighted by molar-refractivity contribution is 0.414. The smallest absolute Gasteiger partial charge is 0.243 e. The first-order valence-corrected chi connectivity index (χ1v) is 10.6. The van der Waals surface area contributed by atoms with Gasteiger partial charge in [0.1, 0.15) is 17.2 Å². The number of aromatic nitrogens is 3. The maximum Gasteiger partial charge on any atom is 0.243 e. The quantitative estimate of drug-likeness (QED) is 0.323. The van der Waals surface area contributed by atoms with E-state index in [-0.39, 0.29) is 5.95 Å². The topological polar surface area (TPSA) is 98.1 Å². The minimum absolute atomic E-state index is 0.244. The Morgan fingerprint density at radius 2 is 1.81 bits per heavy atom. The summed E-state index contributed by atoms with van der Waals surface area (Å²) < 4.78 is 11.7. The van der Waals surface area contributed by atoms with E-state index < -0.39 is 0 Å². The van der Waals surface area contributed by atoms with E-state index in [1.807, 2.05) is 48.5 Å². The van der Waals surface area contributed by atoms with Crippen LogP contribution in [-0.4, -0.2) is 22.3 Å². The monoisotopic (exact) mass is 449 g/mol. The van der Waals surface area contributed by atoms with Gasteiger partial charge >= 0.3 is 0 Å². The molecule has 0 aliphatic heterocycles. The molecule has 0 bridgehead atoms. The maximum absolute atomic E-state index is 6.47. The van der Waals surface area contributed by atoms with Gasteiger partial charge in [0.15, 0.2) is 0 Å². The summed E-state index contributed by atoms with van der Waals surface area (Å²) in [6.45, 7) is 0.387. The Hall–Kier alpha value is -3.71. The van der Waals surface area contributed by atoms with E-state index in [0.717, 1.165) is 35.5 Å². The second-order valence-electron chi connectivity index (χ2n) is 7.18. The zero-order chi connectivity index (χ0) is 22.3.